The van der Waals surface area contributed by atoms with Gasteiger partial charge in [0.25, 0.3) is 0 Å². The van der Waals surface area contributed by atoms with Gasteiger partial charge in [-0.25, -0.2) is 0 Å². The molecule has 0 fully saturated rings. The molecule has 0 unspecified atom stereocenters. The van der Waals surface area contributed by atoms with Gasteiger partial charge >= 0.3 is 0 Å². The number of hydrogen-bond acceptors (Lipinski definition) is 4. The molecule has 4 heteroatoms. The largest absolute Gasteiger partial charge is 0.340 e. The van der Waals surface area contributed by atoms with Gasteiger partial charge in [-0.1, -0.05) is 121 Å². The lowest BCUT2D eigenvalue weighted by Gasteiger charge is -2.34. The molecule has 0 bridgehead atoms. The normalized spacial score (nSPS) is 12.3. The lowest BCUT2D eigenvalue weighted by Crippen LogP contribution is -2.23. The third kappa shape index (κ3) is 10.4. The summed E-state index contributed by atoms with van der Waals surface area (Å²) in [5.74, 6) is 0.691. The molecule has 40 heavy (non-hydrogen) atoms. The van der Waals surface area contributed by atoms with Crippen molar-refractivity contribution in [2.24, 2.45) is 0 Å². The molecule has 0 N–H and O–H groups in total. The van der Waals surface area contributed by atoms with Crippen LogP contribution in [0.2, 0.25) is 0 Å². The van der Waals surface area contributed by atoms with Gasteiger partial charge in [0.15, 0.2) is 0 Å². The number of rotatable bonds is 21. The molecule has 0 spiro atoms. The molecule has 1 heterocycles. The second-order valence-electron chi connectivity index (χ2n) is 11.6. The van der Waals surface area contributed by atoms with Crippen molar-refractivity contribution >= 4 is 34.7 Å². The zero-order chi connectivity index (χ0) is 28.6. The fourth-order valence-corrected chi connectivity index (χ4v) is 6.93. The molecule has 3 rings (SSSR count). The van der Waals surface area contributed by atoms with Gasteiger partial charge in [0, 0.05) is 42.0 Å². The fourth-order valence-electron chi connectivity index (χ4n) is 5.66. The summed E-state index contributed by atoms with van der Waals surface area (Å²) in [5, 5.41) is 0. The first kappa shape index (κ1) is 32.4. The Balaban J connectivity index is 1.77. The lowest BCUT2D eigenvalue weighted by atomic mass is 10.0. The number of hydrogen-bond donors (Lipinski definition) is 0. The molecule has 1 aliphatic rings. The van der Waals surface area contributed by atoms with Crippen molar-refractivity contribution in [3.8, 4) is 0 Å². The van der Waals surface area contributed by atoms with Crippen LogP contribution in [0.25, 0.3) is 0 Å². The summed E-state index contributed by atoms with van der Waals surface area (Å²) in [6.07, 6.45) is 19.1. The smallest absolute Gasteiger partial charge is 0.137 e. The fraction of sp³-hybridized carbons (Fsp3) is 0.611. The molecule has 3 nitrogen and oxygen atoms in total. The van der Waals surface area contributed by atoms with Crippen LogP contribution < -0.4 is 4.90 Å². The molecule has 220 valence electrons. The quantitative estimate of drug-likeness (QED) is 0.142. The first-order valence-electron chi connectivity index (χ1n) is 16.3. The molecule has 0 radical (unpaired) electrons. The van der Waals surface area contributed by atoms with Gasteiger partial charge < -0.3 is 4.90 Å². The molecule has 0 aromatic heterocycles. The Morgan fingerprint density at radius 1 is 0.650 bits per heavy atom. The predicted octanol–water partition coefficient (Wildman–Crippen LogP) is 10.8. The van der Waals surface area contributed by atoms with E-state index in [4.69, 9.17) is 0 Å². The molecule has 0 aliphatic carbocycles. The average molecular weight is 564 g/mol. The molecule has 2 aromatic rings. The number of Topliss-reactive ketones (excluding diaryl/α,β-unsaturated/α-hetero) is 2. The molecule has 0 saturated carbocycles. The Morgan fingerprint density at radius 2 is 1.25 bits per heavy atom. The van der Waals surface area contributed by atoms with Gasteiger partial charge in [0.05, 0.1) is 11.4 Å². The molecule has 0 amide bonds. The summed E-state index contributed by atoms with van der Waals surface area (Å²) < 4.78 is 0. The summed E-state index contributed by atoms with van der Waals surface area (Å²) in [6.45, 7) is 7.66. The SMILES string of the molecule is CCCCCCCCN1c2ccc(CC(=O)CCCCCC)cc2Sc2c(CC(=O)CCCCCC)cccc21. The molecular weight excluding hydrogens is 510 g/mol. The number of unbranched alkanes of at least 4 members (excludes halogenated alkanes) is 11. The summed E-state index contributed by atoms with van der Waals surface area (Å²) in [7, 11) is 0. The van der Waals surface area contributed by atoms with Crippen LogP contribution in [-0.4, -0.2) is 18.1 Å². The number of carbonyl (C=O) groups is 2. The number of ketones is 2. The standard InChI is InChI=1S/C36H53NO2S/c1-4-7-10-13-14-17-25-37-33-24-23-29(26-31(38)20-15-11-8-5-2)27-35(33)40-36-30(19-18-22-34(36)37)28-32(39)21-16-12-9-6-3/h18-19,22-24,27H,4-17,20-21,25-26,28H2,1-3H3. The third-order valence-electron chi connectivity index (χ3n) is 8.04. The third-order valence-corrected chi connectivity index (χ3v) is 9.26. The Kier molecular flexibility index (Phi) is 14.9. The van der Waals surface area contributed by atoms with E-state index in [1.807, 2.05) is 0 Å². The van der Waals surface area contributed by atoms with E-state index >= 15 is 0 Å². The van der Waals surface area contributed by atoms with Crippen molar-refractivity contribution in [3.05, 3.63) is 47.5 Å². The highest BCUT2D eigenvalue weighted by Gasteiger charge is 2.26. The summed E-state index contributed by atoms with van der Waals surface area (Å²) in [5.41, 5.74) is 4.74. The van der Waals surface area contributed by atoms with E-state index in [2.05, 4.69) is 62.1 Å². The number of carbonyl (C=O) groups excluding carboxylic acids is 2. The highest BCUT2D eigenvalue weighted by atomic mass is 32.2. The van der Waals surface area contributed by atoms with Crippen molar-refractivity contribution in [1.82, 2.24) is 0 Å². The monoisotopic (exact) mass is 563 g/mol. The van der Waals surface area contributed by atoms with E-state index in [1.54, 1.807) is 11.8 Å². The van der Waals surface area contributed by atoms with Gasteiger partial charge in [-0.15, -0.1) is 0 Å². The van der Waals surface area contributed by atoms with Crippen molar-refractivity contribution in [3.63, 3.8) is 0 Å². The van der Waals surface area contributed by atoms with Crippen molar-refractivity contribution in [1.29, 1.82) is 0 Å². The first-order chi connectivity index (χ1) is 19.6. The van der Waals surface area contributed by atoms with Crippen LogP contribution in [0.4, 0.5) is 11.4 Å². The Hall–Kier alpha value is -2.07. The number of anilines is 2. The molecule has 2 aromatic carbocycles. The number of benzene rings is 2. The van der Waals surface area contributed by atoms with E-state index in [-0.39, 0.29) is 0 Å². The van der Waals surface area contributed by atoms with Crippen LogP contribution in [0.5, 0.6) is 0 Å². The van der Waals surface area contributed by atoms with Crippen LogP contribution >= 0.6 is 11.8 Å². The maximum absolute atomic E-state index is 12.9. The van der Waals surface area contributed by atoms with Crippen molar-refractivity contribution < 1.29 is 9.59 Å². The van der Waals surface area contributed by atoms with Crippen molar-refractivity contribution in [2.75, 3.05) is 11.4 Å². The van der Waals surface area contributed by atoms with E-state index in [9.17, 15) is 9.59 Å². The van der Waals surface area contributed by atoms with Gasteiger partial charge in [-0.2, -0.15) is 0 Å². The second-order valence-corrected chi connectivity index (χ2v) is 12.7. The second kappa shape index (κ2) is 18.4. The highest BCUT2D eigenvalue weighted by Crippen LogP contribution is 2.50. The minimum Gasteiger partial charge on any atom is -0.340 e. The first-order valence-corrected chi connectivity index (χ1v) is 17.1. The van der Waals surface area contributed by atoms with Gasteiger partial charge in [-0.05, 0) is 48.6 Å². The zero-order valence-electron chi connectivity index (χ0n) is 25.6. The molecular formula is C36H53NO2S. The number of fused-ring (bicyclic) bond motifs is 2. The van der Waals surface area contributed by atoms with Gasteiger partial charge in [-0.3, -0.25) is 9.59 Å². The zero-order valence-corrected chi connectivity index (χ0v) is 26.4. The van der Waals surface area contributed by atoms with Crippen LogP contribution in [0.15, 0.2) is 46.2 Å². The predicted molar refractivity (Wildman–Crippen MR) is 172 cm³/mol. The van der Waals surface area contributed by atoms with Crippen LogP contribution in [0.1, 0.15) is 135 Å². The molecule has 0 atom stereocenters. The average Bonchev–Trinajstić information content (AvgIpc) is 2.95. The number of nitrogens with zero attached hydrogens (tertiary/aromatic N) is 1. The summed E-state index contributed by atoms with van der Waals surface area (Å²) in [6, 6.07) is 13.1. The maximum atomic E-state index is 12.9. The Labute approximate surface area is 248 Å². The minimum atomic E-state index is 0.343. The topological polar surface area (TPSA) is 37.4 Å². The van der Waals surface area contributed by atoms with E-state index in [0.717, 1.165) is 49.8 Å². The summed E-state index contributed by atoms with van der Waals surface area (Å²) in [4.78, 5) is 30.6. The molecule has 0 saturated heterocycles. The molecule has 1 aliphatic heterocycles. The van der Waals surface area contributed by atoms with E-state index in [0.29, 0.717) is 37.2 Å². The maximum Gasteiger partial charge on any atom is 0.137 e. The van der Waals surface area contributed by atoms with Crippen LogP contribution in [0, 0.1) is 0 Å². The van der Waals surface area contributed by atoms with E-state index in [1.165, 1.54) is 79.0 Å². The van der Waals surface area contributed by atoms with Gasteiger partial charge in [0.2, 0.25) is 0 Å². The lowest BCUT2D eigenvalue weighted by molar-refractivity contribution is -0.119. The highest BCUT2D eigenvalue weighted by molar-refractivity contribution is 7.99. The Bertz CT molecular complexity index is 1060. The minimum absolute atomic E-state index is 0.343. The van der Waals surface area contributed by atoms with E-state index < -0.39 is 0 Å². The summed E-state index contributed by atoms with van der Waals surface area (Å²) >= 11 is 1.80. The Morgan fingerprint density at radius 3 is 1.93 bits per heavy atom. The van der Waals surface area contributed by atoms with Crippen LogP contribution in [0.3, 0.4) is 0 Å². The van der Waals surface area contributed by atoms with Crippen LogP contribution in [-0.2, 0) is 22.4 Å². The van der Waals surface area contributed by atoms with Crippen molar-refractivity contribution in [2.45, 2.75) is 146 Å². The van der Waals surface area contributed by atoms with Gasteiger partial charge in [0.1, 0.15) is 11.6 Å².